The fourth-order valence-corrected chi connectivity index (χ4v) is 1.43. The van der Waals surface area contributed by atoms with Gasteiger partial charge >= 0.3 is 0 Å². The van der Waals surface area contributed by atoms with E-state index >= 15 is 0 Å². The molecule has 0 unspecified atom stereocenters. The van der Waals surface area contributed by atoms with Crippen LogP contribution in [-0.4, -0.2) is 6.54 Å². The zero-order valence-corrected chi connectivity index (χ0v) is 9.11. The molecule has 0 fully saturated rings. The lowest BCUT2D eigenvalue weighted by molar-refractivity contribution is 0.857. The van der Waals surface area contributed by atoms with E-state index in [0.29, 0.717) is 0 Å². The van der Waals surface area contributed by atoms with Crippen molar-refractivity contribution >= 4 is 15.9 Å². The monoisotopic (exact) mass is 227 g/mol. The summed E-state index contributed by atoms with van der Waals surface area (Å²) in [4.78, 5) is 0. The molecule has 1 rings (SSSR count). The Hall–Kier alpha value is -0.500. The Morgan fingerprint density at radius 1 is 1.50 bits per heavy atom. The van der Waals surface area contributed by atoms with Gasteiger partial charge in [0.2, 0.25) is 0 Å². The Labute approximate surface area is 82.4 Å². The topological polar surface area (TPSA) is 12.0 Å². The molecule has 0 radical (unpaired) electrons. The lowest BCUT2D eigenvalue weighted by Crippen LogP contribution is -2.12. The number of rotatable bonds is 2. The van der Waals surface area contributed by atoms with Crippen LogP contribution in [0.2, 0.25) is 0 Å². The van der Waals surface area contributed by atoms with E-state index in [1.165, 1.54) is 15.8 Å². The van der Waals surface area contributed by atoms with Gasteiger partial charge < -0.3 is 5.32 Å². The molecule has 0 aromatic heterocycles. The molecular formula is C10H14BrN. The van der Waals surface area contributed by atoms with E-state index in [-0.39, 0.29) is 0 Å². The fourth-order valence-electron chi connectivity index (χ4n) is 1.14. The molecular weight excluding hydrogens is 214 g/mol. The van der Waals surface area contributed by atoms with Crippen LogP contribution in [0.5, 0.6) is 0 Å². The van der Waals surface area contributed by atoms with Crippen LogP contribution in [0.25, 0.3) is 0 Å². The highest BCUT2D eigenvalue weighted by molar-refractivity contribution is 9.11. The summed E-state index contributed by atoms with van der Waals surface area (Å²) in [5.41, 5.74) is 2.55. The van der Waals surface area contributed by atoms with Gasteiger partial charge in [0.15, 0.2) is 0 Å². The summed E-state index contributed by atoms with van der Waals surface area (Å²) in [6.07, 6.45) is 7.43. The maximum absolute atomic E-state index is 3.49. The van der Waals surface area contributed by atoms with Crippen molar-refractivity contribution < 1.29 is 0 Å². The van der Waals surface area contributed by atoms with Crippen molar-refractivity contribution in [3.05, 3.63) is 34.0 Å². The number of nitrogens with one attached hydrogen (secondary N) is 1. The van der Waals surface area contributed by atoms with Gasteiger partial charge in [-0.05, 0) is 30.3 Å². The van der Waals surface area contributed by atoms with Gasteiger partial charge in [-0.25, -0.2) is 0 Å². The summed E-state index contributed by atoms with van der Waals surface area (Å²) >= 11 is 3.49. The third kappa shape index (κ3) is 2.52. The smallest absolute Gasteiger partial charge is 0.0332 e. The molecule has 0 spiro atoms. The van der Waals surface area contributed by atoms with Crippen LogP contribution in [-0.2, 0) is 0 Å². The van der Waals surface area contributed by atoms with Gasteiger partial charge in [-0.2, -0.15) is 0 Å². The van der Waals surface area contributed by atoms with E-state index in [2.05, 4.69) is 53.3 Å². The van der Waals surface area contributed by atoms with E-state index in [0.717, 1.165) is 13.0 Å². The molecule has 0 saturated heterocycles. The second-order valence-corrected chi connectivity index (χ2v) is 3.83. The first-order valence-electron chi connectivity index (χ1n) is 4.21. The quantitative estimate of drug-likeness (QED) is 0.765. The Balaban J connectivity index is 2.77. The van der Waals surface area contributed by atoms with Gasteiger partial charge in [0, 0.05) is 12.2 Å². The first-order valence-corrected chi connectivity index (χ1v) is 5.00. The van der Waals surface area contributed by atoms with Crippen LogP contribution in [0.3, 0.4) is 0 Å². The normalized spacial score (nSPS) is 17.4. The summed E-state index contributed by atoms with van der Waals surface area (Å²) < 4.78 is 1.23. The summed E-state index contributed by atoms with van der Waals surface area (Å²) in [5.74, 6) is 0. The molecule has 2 heteroatoms. The average molecular weight is 228 g/mol. The highest BCUT2D eigenvalue weighted by Crippen LogP contribution is 2.19. The number of hydrogen-bond donors (Lipinski definition) is 1. The SMILES string of the molecule is CCNC1=CCC(Br)=CC=C1C. The average Bonchev–Trinajstić information content (AvgIpc) is 2.20. The molecule has 0 amide bonds. The summed E-state index contributed by atoms with van der Waals surface area (Å²) in [7, 11) is 0. The first kappa shape index (κ1) is 9.59. The maximum Gasteiger partial charge on any atom is 0.0332 e. The van der Waals surface area contributed by atoms with Crippen molar-refractivity contribution in [2.45, 2.75) is 20.3 Å². The number of allylic oxidation sites excluding steroid dienone is 5. The third-order valence-electron chi connectivity index (χ3n) is 1.81. The minimum absolute atomic E-state index is 0.981. The lowest BCUT2D eigenvalue weighted by atomic mass is 10.2. The van der Waals surface area contributed by atoms with E-state index in [1.54, 1.807) is 0 Å². The molecule has 66 valence electrons. The largest absolute Gasteiger partial charge is 0.385 e. The highest BCUT2D eigenvalue weighted by Gasteiger charge is 2.01. The second kappa shape index (κ2) is 4.51. The molecule has 0 aromatic carbocycles. The Morgan fingerprint density at radius 3 is 2.92 bits per heavy atom. The number of likely N-dealkylation sites (N-methyl/N-ethyl adjacent to an activating group) is 1. The van der Waals surface area contributed by atoms with Crippen LogP contribution in [0, 0.1) is 0 Å². The van der Waals surface area contributed by atoms with Gasteiger partial charge in [-0.1, -0.05) is 34.2 Å². The molecule has 0 heterocycles. The Kier molecular flexibility index (Phi) is 3.60. The summed E-state index contributed by atoms with van der Waals surface area (Å²) in [6, 6.07) is 0. The van der Waals surface area contributed by atoms with Crippen molar-refractivity contribution in [1.29, 1.82) is 0 Å². The predicted molar refractivity (Wildman–Crippen MR) is 57.1 cm³/mol. The molecule has 0 bridgehead atoms. The molecule has 12 heavy (non-hydrogen) atoms. The molecule has 0 saturated carbocycles. The molecule has 1 nitrogen and oxygen atoms in total. The van der Waals surface area contributed by atoms with E-state index in [4.69, 9.17) is 0 Å². The minimum atomic E-state index is 0.981. The van der Waals surface area contributed by atoms with Crippen molar-refractivity contribution in [2.24, 2.45) is 0 Å². The number of hydrogen-bond acceptors (Lipinski definition) is 1. The van der Waals surface area contributed by atoms with Crippen LogP contribution in [0.15, 0.2) is 34.0 Å². The van der Waals surface area contributed by atoms with Gasteiger partial charge in [-0.15, -0.1) is 0 Å². The van der Waals surface area contributed by atoms with E-state index in [1.807, 2.05) is 0 Å². The molecule has 1 aliphatic rings. The zero-order chi connectivity index (χ0) is 8.97. The zero-order valence-electron chi connectivity index (χ0n) is 7.52. The summed E-state index contributed by atoms with van der Waals surface area (Å²) in [5, 5.41) is 3.33. The maximum atomic E-state index is 3.49. The van der Waals surface area contributed by atoms with Crippen molar-refractivity contribution in [2.75, 3.05) is 6.54 Å². The van der Waals surface area contributed by atoms with E-state index in [9.17, 15) is 0 Å². The van der Waals surface area contributed by atoms with Gasteiger partial charge in [0.25, 0.3) is 0 Å². The number of halogens is 1. The molecule has 1 aliphatic carbocycles. The minimum Gasteiger partial charge on any atom is -0.385 e. The Morgan fingerprint density at radius 2 is 2.25 bits per heavy atom. The van der Waals surface area contributed by atoms with Crippen molar-refractivity contribution in [3.63, 3.8) is 0 Å². The van der Waals surface area contributed by atoms with Gasteiger partial charge in [0.05, 0.1) is 0 Å². The molecule has 1 N–H and O–H groups in total. The lowest BCUT2D eigenvalue weighted by Gasteiger charge is -2.07. The Bertz CT molecular complexity index is 249. The predicted octanol–water partition coefficient (Wildman–Crippen LogP) is 3.11. The molecule has 0 aromatic rings. The van der Waals surface area contributed by atoms with Crippen LogP contribution < -0.4 is 5.32 Å². The highest BCUT2D eigenvalue weighted by atomic mass is 79.9. The second-order valence-electron chi connectivity index (χ2n) is 2.82. The van der Waals surface area contributed by atoms with Gasteiger partial charge in [0.1, 0.15) is 0 Å². The van der Waals surface area contributed by atoms with E-state index < -0.39 is 0 Å². The summed E-state index contributed by atoms with van der Waals surface area (Å²) in [6.45, 7) is 5.21. The van der Waals surface area contributed by atoms with Crippen molar-refractivity contribution in [1.82, 2.24) is 5.32 Å². The molecule has 0 aliphatic heterocycles. The molecule has 0 atom stereocenters. The van der Waals surface area contributed by atoms with Gasteiger partial charge in [-0.3, -0.25) is 0 Å². The first-order chi connectivity index (χ1) is 5.74. The fraction of sp³-hybridized carbons (Fsp3) is 0.400. The van der Waals surface area contributed by atoms with Crippen molar-refractivity contribution in [3.8, 4) is 0 Å². The van der Waals surface area contributed by atoms with Crippen LogP contribution in [0.1, 0.15) is 20.3 Å². The standard InChI is InChI=1S/C10H14BrN/c1-3-12-10-7-6-9(11)5-4-8(10)2/h4-5,7,12H,3,6H2,1-2H3. The van der Waals surface area contributed by atoms with Crippen LogP contribution in [0.4, 0.5) is 0 Å². The third-order valence-corrected chi connectivity index (χ3v) is 2.40. The van der Waals surface area contributed by atoms with Crippen LogP contribution >= 0.6 is 15.9 Å².